The summed E-state index contributed by atoms with van der Waals surface area (Å²) in [6.07, 6.45) is 4.39. The first kappa shape index (κ1) is 23.4. The number of aryl methyl sites for hydroxylation is 1. The Bertz CT molecular complexity index is 1380. The lowest BCUT2D eigenvalue weighted by atomic mass is 10.3. The number of thioether (sulfide) groups is 1. The zero-order valence-corrected chi connectivity index (χ0v) is 20.2. The van der Waals surface area contributed by atoms with Crippen LogP contribution in [0.5, 0.6) is 0 Å². The second-order valence-corrected chi connectivity index (χ2v) is 8.80. The van der Waals surface area contributed by atoms with E-state index in [0.29, 0.717) is 23.8 Å². The summed E-state index contributed by atoms with van der Waals surface area (Å²) in [4.78, 5) is 25.8. The van der Waals surface area contributed by atoms with Crippen molar-refractivity contribution in [2.45, 2.75) is 25.0 Å². The van der Waals surface area contributed by atoms with E-state index in [9.17, 15) is 9.59 Å². The summed E-state index contributed by atoms with van der Waals surface area (Å²) in [5, 5.41) is 12.0. The molecule has 0 atom stereocenters. The summed E-state index contributed by atoms with van der Waals surface area (Å²) in [5.41, 5.74) is 2.52. The summed E-state index contributed by atoms with van der Waals surface area (Å²) in [5.74, 6) is 0.612. The van der Waals surface area contributed by atoms with Gasteiger partial charge >= 0.3 is 0 Å². The van der Waals surface area contributed by atoms with Crippen LogP contribution in [0.1, 0.15) is 17.2 Å². The van der Waals surface area contributed by atoms with Crippen molar-refractivity contribution >= 4 is 23.4 Å². The predicted octanol–water partition coefficient (Wildman–Crippen LogP) is 2.92. The van der Waals surface area contributed by atoms with Crippen molar-refractivity contribution in [2.24, 2.45) is 14.1 Å². The number of hydrogen-bond donors (Lipinski definition) is 1. The number of amides is 1. The molecule has 176 valence electrons. The summed E-state index contributed by atoms with van der Waals surface area (Å²) < 4.78 is 7.26. The maximum absolute atomic E-state index is 13.0. The SMILES string of the molecule is C=CCn1c(Cc2cccn2C)nnc1SCC(=O)Nc1c(C)n(C)n(-c2ccccc2)c1=O. The number of aromatic nitrogens is 6. The molecule has 1 N–H and O–H groups in total. The minimum Gasteiger partial charge on any atom is -0.354 e. The molecule has 10 heteroatoms. The molecule has 0 spiro atoms. The number of benzene rings is 1. The molecule has 1 aromatic carbocycles. The van der Waals surface area contributed by atoms with Gasteiger partial charge in [0, 0.05) is 39.0 Å². The van der Waals surface area contributed by atoms with E-state index in [1.807, 2.05) is 64.8 Å². The average Bonchev–Trinajstić information content (AvgIpc) is 3.47. The number of allylic oxidation sites excluding steroid dienone is 1. The van der Waals surface area contributed by atoms with E-state index < -0.39 is 0 Å². The van der Waals surface area contributed by atoms with Gasteiger partial charge in [-0.3, -0.25) is 14.3 Å². The van der Waals surface area contributed by atoms with E-state index in [1.165, 1.54) is 16.4 Å². The molecule has 0 unspecified atom stereocenters. The molecule has 0 fully saturated rings. The van der Waals surface area contributed by atoms with Crippen LogP contribution in [0.3, 0.4) is 0 Å². The Morgan fingerprint density at radius 1 is 1.15 bits per heavy atom. The fraction of sp³-hybridized carbons (Fsp3) is 0.250. The fourth-order valence-electron chi connectivity index (χ4n) is 3.73. The lowest BCUT2D eigenvalue weighted by Gasteiger charge is -2.08. The number of hydrogen-bond acceptors (Lipinski definition) is 5. The molecule has 4 aromatic rings. The quantitative estimate of drug-likeness (QED) is 0.296. The molecule has 4 rings (SSSR count). The Morgan fingerprint density at radius 3 is 2.59 bits per heavy atom. The van der Waals surface area contributed by atoms with Crippen LogP contribution in [-0.4, -0.2) is 40.4 Å². The first-order chi connectivity index (χ1) is 16.4. The molecule has 0 saturated heterocycles. The van der Waals surface area contributed by atoms with Gasteiger partial charge in [0.15, 0.2) is 5.16 Å². The third-order valence-corrected chi connectivity index (χ3v) is 6.61. The Kier molecular flexibility index (Phi) is 6.87. The smallest absolute Gasteiger partial charge is 0.295 e. The van der Waals surface area contributed by atoms with Crippen molar-refractivity contribution in [1.82, 2.24) is 28.7 Å². The van der Waals surface area contributed by atoms with Crippen molar-refractivity contribution in [2.75, 3.05) is 11.1 Å². The molecule has 34 heavy (non-hydrogen) atoms. The zero-order chi connectivity index (χ0) is 24.2. The summed E-state index contributed by atoms with van der Waals surface area (Å²) in [7, 11) is 3.78. The maximum atomic E-state index is 13.0. The van der Waals surface area contributed by atoms with Crippen LogP contribution in [0.25, 0.3) is 5.69 Å². The van der Waals surface area contributed by atoms with Crippen LogP contribution in [0.15, 0.2) is 71.3 Å². The van der Waals surface area contributed by atoms with E-state index in [1.54, 1.807) is 24.7 Å². The van der Waals surface area contributed by atoms with Crippen molar-refractivity contribution in [3.8, 4) is 5.69 Å². The Hall–Kier alpha value is -3.79. The van der Waals surface area contributed by atoms with Crippen molar-refractivity contribution < 1.29 is 4.79 Å². The molecule has 1 amide bonds. The number of carbonyl (C=O) groups excluding carboxylic acids is 1. The summed E-state index contributed by atoms with van der Waals surface area (Å²) in [6.45, 7) is 6.17. The van der Waals surface area contributed by atoms with E-state index >= 15 is 0 Å². The molecule has 0 aliphatic rings. The molecule has 0 aliphatic heterocycles. The molecule has 0 radical (unpaired) electrons. The lowest BCUT2D eigenvalue weighted by Crippen LogP contribution is -2.23. The minimum atomic E-state index is -0.284. The van der Waals surface area contributed by atoms with Gasteiger partial charge < -0.3 is 14.5 Å². The largest absolute Gasteiger partial charge is 0.354 e. The van der Waals surface area contributed by atoms with E-state index in [-0.39, 0.29) is 22.9 Å². The van der Waals surface area contributed by atoms with E-state index in [0.717, 1.165) is 17.2 Å². The highest BCUT2D eigenvalue weighted by molar-refractivity contribution is 7.99. The first-order valence-electron chi connectivity index (χ1n) is 10.8. The van der Waals surface area contributed by atoms with Crippen LogP contribution in [0, 0.1) is 6.92 Å². The third-order valence-electron chi connectivity index (χ3n) is 5.65. The number of para-hydroxylation sites is 1. The normalized spacial score (nSPS) is 11.0. The molecule has 9 nitrogen and oxygen atoms in total. The zero-order valence-electron chi connectivity index (χ0n) is 19.4. The van der Waals surface area contributed by atoms with Gasteiger partial charge in [-0.2, -0.15) is 0 Å². The molecule has 0 aliphatic carbocycles. The molecular weight excluding hydrogens is 450 g/mol. The van der Waals surface area contributed by atoms with Crippen molar-refractivity contribution in [3.05, 3.63) is 88.9 Å². The second-order valence-electron chi connectivity index (χ2n) is 7.86. The van der Waals surface area contributed by atoms with Gasteiger partial charge in [0.25, 0.3) is 5.56 Å². The van der Waals surface area contributed by atoms with Gasteiger partial charge in [0.05, 0.1) is 17.1 Å². The van der Waals surface area contributed by atoms with Crippen molar-refractivity contribution in [3.63, 3.8) is 0 Å². The van der Waals surface area contributed by atoms with Gasteiger partial charge in [0.2, 0.25) is 5.91 Å². The molecule has 0 bridgehead atoms. The molecule has 3 heterocycles. The maximum Gasteiger partial charge on any atom is 0.295 e. The monoisotopic (exact) mass is 477 g/mol. The number of anilines is 1. The van der Waals surface area contributed by atoms with Crippen LogP contribution in [0.2, 0.25) is 0 Å². The Labute approximate surface area is 201 Å². The molecule has 0 saturated carbocycles. The Balaban J connectivity index is 1.48. The van der Waals surface area contributed by atoms with Gasteiger partial charge in [-0.25, -0.2) is 4.68 Å². The molecule has 3 aromatic heterocycles. The highest BCUT2D eigenvalue weighted by atomic mass is 32.2. The molecular formula is C24H27N7O2S. The number of rotatable bonds is 9. The highest BCUT2D eigenvalue weighted by Crippen LogP contribution is 2.20. The van der Waals surface area contributed by atoms with Crippen LogP contribution in [0.4, 0.5) is 5.69 Å². The second kappa shape index (κ2) is 10.0. The number of nitrogens with one attached hydrogen (secondary N) is 1. The number of carbonyl (C=O) groups is 1. The topological polar surface area (TPSA) is 91.7 Å². The van der Waals surface area contributed by atoms with Gasteiger partial charge in [-0.15, -0.1) is 16.8 Å². The summed E-state index contributed by atoms with van der Waals surface area (Å²) >= 11 is 1.28. The number of nitrogens with zero attached hydrogens (tertiary/aromatic N) is 6. The van der Waals surface area contributed by atoms with Gasteiger partial charge in [0.1, 0.15) is 11.5 Å². The predicted molar refractivity (Wildman–Crippen MR) is 134 cm³/mol. The average molecular weight is 478 g/mol. The summed E-state index contributed by atoms with van der Waals surface area (Å²) in [6, 6.07) is 13.3. The minimum absolute atomic E-state index is 0.0958. The highest BCUT2D eigenvalue weighted by Gasteiger charge is 2.19. The first-order valence-corrected chi connectivity index (χ1v) is 11.8. The Morgan fingerprint density at radius 2 is 1.91 bits per heavy atom. The van der Waals surface area contributed by atoms with Crippen LogP contribution in [-0.2, 0) is 31.9 Å². The van der Waals surface area contributed by atoms with Crippen LogP contribution >= 0.6 is 11.8 Å². The van der Waals surface area contributed by atoms with Gasteiger partial charge in [-0.05, 0) is 31.2 Å². The lowest BCUT2D eigenvalue weighted by molar-refractivity contribution is -0.113. The fourth-order valence-corrected chi connectivity index (χ4v) is 4.50. The van der Waals surface area contributed by atoms with Gasteiger partial charge in [-0.1, -0.05) is 36.0 Å². The van der Waals surface area contributed by atoms with E-state index in [2.05, 4.69) is 22.1 Å². The van der Waals surface area contributed by atoms with Crippen molar-refractivity contribution in [1.29, 1.82) is 0 Å². The standard InChI is InChI=1S/C24H27N7O2S/c1-5-13-30-20(15-19-12-9-14-28(19)3)26-27-24(30)34-16-21(32)25-22-17(2)29(4)31(23(22)33)18-10-7-6-8-11-18/h5-12,14H,1,13,15-16H2,2-4H3,(H,25,32). The van der Waals surface area contributed by atoms with Crippen LogP contribution < -0.4 is 10.9 Å². The van der Waals surface area contributed by atoms with E-state index in [4.69, 9.17) is 0 Å². The third kappa shape index (κ3) is 4.62.